The van der Waals surface area contributed by atoms with E-state index in [2.05, 4.69) is 0 Å². The van der Waals surface area contributed by atoms with E-state index in [1.54, 1.807) is 6.92 Å². The van der Waals surface area contributed by atoms with Crippen molar-refractivity contribution in [1.29, 1.82) is 0 Å². The van der Waals surface area contributed by atoms with Crippen molar-refractivity contribution < 1.29 is 23.7 Å². The molecule has 0 N–H and O–H groups in total. The van der Waals surface area contributed by atoms with Gasteiger partial charge in [0.2, 0.25) is 0 Å². The number of rotatable bonds is 6. The molecule has 1 aromatic carbocycles. The van der Waals surface area contributed by atoms with E-state index in [-0.39, 0.29) is 0 Å². The first-order valence-electron chi connectivity index (χ1n) is 6.71. The zero-order chi connectivity index (χ0) is 14.4. The van der Waals surface area contributed by atoms with Crippen LogP contribution in [0, 0.1) is 0 Å². The summed E-state index contributed by atoms with van der Waals surface area (Å²) in [6.07, 6.45) is -0.944. The number of hydrogen-bond donors (Lipinski definition) is 0. The molecule has 2 rings (SSSR count). The summed E-state index contributed by atoms with van der Waals surface area (Å²) in [5.74, 6) is -0.487. The van der Waals surface area contributed by atoms with Crippen molar-refractivity contribution in [2.75, 3.05) is 19.8 Å². The maximum Gasteiger partial charge on any atom is 0.363 e. The summed E-state index contributed by atoms with van der Waals surface area (Å²) in [6.45, 7) is 5.09. The number of carbonyl (C=O) groups excluding carboxylic acids is 1. The third-order valence-electron chi connectivity index (χ3n) is 2.93. The van der Waals surface area contributed by atoms with E-state index in [4.69, 9.17) is 18.9 Å². The Bertz CT molecular complexity index is 433. The minimum absolute atomic E-state index is 0.309. The van der Waals surface area contributed by atoms with Crippen LogP contribution < -0.4 is 0 Å². The monoisotopic (exact) mass is 280 g/mol. The Kier molecular flexibility index (Phi) is 5.11. The van der Waals surface area contributed by atoms with Crippen molar-refractivity contribution in [2.24, 2.45) is 0 Å². The number of ether oxygens (including phenoxy) is 4. The summed E-state index contributed by atoms with van der Waals surface area (Å²) < 4.78 is 21.4. The van der Waals surface area contributed by atoms with Gasteiger partial charge in [-0.2, -0.15) is 0 Å². The summed E-state index contributed by atoms with van der Waals surface area (Å²) in [5, 5.41) is 0. The first-order chi connectivity index (χ1) is 9.63. The average molecular weight is 280 g/mol. The molecule has 1 aromatic rings. The zero-order valence-electron chi connectivity index (χ0n) is 11.8. The second-order valence-electron chi connectivity index (χ2n) is 4.94. The van der Waals surface area contributed by atoms with E-state index in [9.17, 15) is 4.79 Å². The van der Waals surface area contributed by atoms with Gasteiger partial charge in [0.05, 0.1) is 26.4 Å². The first-order valence-corrected chi connectivity index (χ1v) is 6.71. The quantitative estimate of drug-likeness (QED) is 0.745. The van der Waals surface area contributed by atoms with Gasteiger partial charge in [0.1, 0.15) is 5.60 Å². The number of hydrogen-bond acceptors (Lipinski definition) is 5. The zero-order valence-corrected chi connectivity index (χ0v) is 11.8. The third-order valence-corrected chi connectivity index (χ3v) is 2.93. The molecule has 0 saturated carbocycles. The highest BCUT2D eigenvalue weighted by atomic mass is 16.8. The lowest BCUT2D eigenvalue weighted by Crippen LogP contribution is -2.35. The Morgan fingerprint density at radius 1 is 1.40 bits per heavy atom. The summed E-state index contributed by atoms with van der Waals surface area (Å²) in [5.41, 5.74) is 0.476. The SMILES string of the molecule is CCOC(=O)C1OCC(C)(COCc2ccccc2)O1. The number of benzene rings is 1. The molecule has 1 aliphatic rings. The van der Waals surface area contributed by atoms with Gasteiger partial charge in [-0.15, -0.1) is 0 Å². The Morgan fingerprint density at radius 3 is 2.85 bits per heavy atom. The highest BCUT2D eigenvalue weighted by Crippen LogP contribution is 2.24. The largest absolute Gasteiger partial charge is 0.462 e. The molecule has 0 aromatic heterocycles. The van der Waals surface area contributed by atoms with Crippen molar-refractivity contribution in [3.8, 4) is 0 Å². The molecule has 110 valence electrons. The smallest absolute Gasteiger partial charge is 0.363 e. The summed E-state index contributed by atoms with van der Waals surface area (Å²) in [4.78, 5) is 11.5. The van der Waals surface area contributed by atoms with Crippen LogP contribution in [0.2, 0.25) is 0 Å². The fraction of sp³-hybridized carbons (Fsp3) is 0.533. The van der Waals surface area contributed by atoms with Gasteiger partial charge in [-0.3, -0.25) is 0 Å². The molecule has 1 aliphatic heterocycles. The molecule has 20 heavy (non-hydrogen) atoms. The fourth-order valence-corrected chi connectivity index (χ4v) is 1.94. The van der Waals surface area contributed by atoms with Crippen LogP contribution in [0.4, 0.5) is 0 Å². The lowest BCUT2D eigenvalue weighted by molar-refractivity contribution is -0.180. The van der Waals surface area contributed by atoms with Crippen molar-refractivity contribution in [1.82, 2.24) is 0 Å². The molecule has 0 spiro atoms. The van der Waals surface area contributed by atoms with Gasteiger partial charge in [0.15, 0.2) is 0 Å². The Balaban J connectivity index is 1.77. The molecule has 1 fully saturated rings. The minimum atomic E-state index is -0.944. The molecule has 0 aliphatic carbocycles. The maximum absolute atomic E-state index is 11.5. The topological polar surface area (TPSA) is 54.0 Å². The van der Waals surface area contributed by atoms with E-state index >= 15 is 0 Å². The lowest BCUT2D eigenvalue weighted by Gasteiger charge is -2.21. The fourth-order valence-electron chi connectivity index (χ4n) is 1.94. The van der Waals surface area contributed by atoms with Gasteiger partial charge < -0.3 is 18.9 Å². The highest BCUT2D eigenvalue weighted by Gasteiger charge is 2.41. The predicted molar refractivity (Wildman–Crippen MR) is 72.0 cm³/mol. The van der Waals surface area contributed by atoms with Crippen LogP contribution in [0.25, 0.3) is 0 Å². The minimum Gasteiger partial charge on any atom is -0.462 e. The van der Waals surface area contributed by atoms with E-state index in [1.165, 1.54) is 0 Å². The van der Waals surface area contributed by atoms with Crippen LogP contribution >= 0.6 is 0 Å². The van der Waals surface area contributed by atoms with E-state index < -0.39 is 17.9 Å². The lowest BCUT2D eigenvalue weighted by atomic mass is 10.1. The van der Waals surface area contributed by atoms with Crippen molar-refractivity contribution >= 4 is 5.97 Å². The highest BCUT2D eigenvalue weighted by molar-refractivity contribution is 5.73. The van der Waals surface area contributed by atoms with Gasteiger partial charge in [0.25, 0.3) is 6.29 Å². The van der Waals surface area contributed by atoms with E-state index in [0.29, 0.717) is 26.4 Å². The molecule has 0 bridgehead atoms. The number of carbonyl (C=O) groups is 1. The van der Waals surface area contributed by atoms with Gasteiger partial charge in [-0.05, 0) is 19.4 Å². The Morgan fingerprint density at radius 2 is 2.15 bits per heavy atom. The normalized spacial score (nSPS) is 25.6. The Hall–Kier alpha value is -1.43. The summed E-state index contributed by atoms with van der Waals surface area (Å²) >= 11 is 0. The maximum atomic E-state index is 11.5. The third kappa shape index (κ3) is 4.03. The summed E-state index contributed by atoms with van der Waals surface area (Å²) in [6, 6.07) is 9.88. The first kappa shape index (κ1) is 15.0. The molecule has 5 nitrogen and oxygen atoms in total. The molecule has 5 heteroatoms. The van der Waals surface area contributed by atoms with Crippen LogP contribution in [0.15, 0.2) is 30.3 Å². The molecular formula is C15H20O5. The van der Waals surface area contributed by atoms with Crippen LogP contribution in [0.3, 0.4) is 0 Å². The standard InChI is InChI=1S/C15H20O5/c1-3-18-13(16)14-19-11-15(2,20-14)10-17-9-12-7-5-4-6-8-12/h4-8,14H,3,9-11H2,1-2H3. The number of esters is 1. The van der Waals surface area contributed by atoms with Crippen LogP contribution in [-0.4, -0.2) is 37.7 Å². The molecule has 0 amide bonds. The molecule has 2 atom stereocenters. The van der Waals surface area contributed by atoms with E-state index in [0.717, 1.165) is 5.56 Å². The van der Waals surface area contributed by atoms with Gasteiger partial charge >= 0.3 is 5.97 Å². The van der Waals surface area contributed by atoms with Crippen molar-refractivity contribution in [3.63, 3.8) is 0 Å². The Labute approximate surface area is 118 Å². The summed E-state index contributed by atoms with van der Waals surface area (Å²) in [7, 11) is 0. The molecule has 1 heterocycles. The van der Waals surface area contributed by atoms with Crippen LogP contribution in [0.5, 0.6) is 0 Å². The predicted octanol–water partition coefficient (Wildman–Crippen LogP) is 1.90. The van der Waals surface area contributed by atoms with Crippen molar-refractivity contribution in [3.05, 3.63) is 35.9 Å². The average Bonchev–Trinajstić information content (AvgIpc) is 2.83. The molecular weight excluding hydrogens is 260 g/mol. The van der Waals surface area contributed by atoms with Crippen molar-refractivity contribution in [2.45, 2.75) is 32.3 Å². The van der Waals surface area contributed by atoms with E-state index in [1.807, 2.05) is 37.3 Å². The van der Waals surface area contributed by atoms with Gasteiger partial charge in [0, 0.05) is 0 Å². The van der Waals surface area contributed by atoms with Gasteiger partial charge in [-0.1, -0.05) is 30.3 Å². The molecule has 0 radical (unpaired) electrons. The second kappa shape index (κ2) is 6.83. The van der Waals surface area contributed by atoms with Crippen LogP contribution in [0.1, 0.15) is 19.4 Å². The second-order valence-corrected chi connectivity index (χ2v) is 4.94. The van der Waals surface area contributed by atoms with Crippen LogP contribution in [-0.2, 0) is 30.3 Å². The molecule has 2 unspecified atom stereocenters. The molecule has 1 saturated heterocycles. The van der Waals surface area contributed by atoms with Gasteiger partial charge in [-0.25, -0.2) is 4.79 Å².